The number of hydrogen-bond donors (Lipinski definition) is 0. The third-order valence-corrected chi connectivity index (χ3v) is 3.37. The number of nitrogens with zero attached hydrogens (tertiary/aromatic N) is 3. The van der Waals surface area contributed by atoms with E-state index < -0.39 is 17.9 Å². The molecule has 0 aliphatic carbocycles. The molecule has 3 heterocycles. The highest BCUT2D eigenvalue weighted by Crippen LogP contribution is 2.33. The molecule has 2 aromatic heterocycles. The van der Waals surface area contributed by atoms with E-state index >= 15 is 0 Å². The molecule has 6 nitrogen and oxygen atoms in total. The Morgan fingerprint density at radius 1 is 1.36 bits per heavy atom. The molecule has 0 spiro atoms. The molecule has 1 aliphatic rings. The van der Waals surface area contributed by atoms with Crippen LogP contribution in [0.25, 0.3) is 11.3 Å². The Hall–Kier alpha value is -2.45. The molecule has 114 valence electrons. The minimum atomic E-state index is -1.04. The molecule has 0 amide bonds. The van der Waals surface area contributed by atoms with Crippen LogP contribution in [0, 0.1) is 11.9 Å². The molecule has 0 fully saturated rings. The van der Waals surface area contributed by atoms with Crippen LogP contribution in [0.5, 0.6) is 5.88 Å². The third-order valence-electron chi connectivity index (χ3n) is 3.37. The Morgan fingerprint density at radius 3 is 2.91 bits per heavy atom. The first kappa shape index (κ1) is 14.5. The number of ether oxygens (including phenoxy) is 1. The standard InChI is InChI=1S/C13H12BF2N3O3/c14-22-13(20)9-10(7-3-4-8(15)17-11(7)16)18-19-5-1-2-6-21-12(9)19/h3-4H,1-2,5-6,14H2. The largest absolute Gasteiger partial charge is 0.540 e. The monoisotopic (exact) mass is 307 g/mol. The predicted molar refractivity (Wildman–Crippen MR) is 74.1 cm³/mol. The average molecular weight is 307 g/mol. The maximum absolute atomic E-state index is 13.9. The van der Waals surface area contributed by atoms with Gasteiger partial charge in [0.15, 0.2) is 0 Å². The molecular formula is C13H12BF2N3O3. The summed E-state index contributed by atoms with van der Waals surface area (Å²) in [5.74, 6) is -2.44. The number of aromatic nitrogens is 3. The molecule has 0 aromatic carbocycles. The molecule has 1 aliphatic heterocycles. The van der Waals surface area contributed by atoms with Crippen LogP contribution in [0.2, 0.25) is 0 Å². The van der Waals surface area contributed by atoms with Crippen molar-refractivity contribution in [2.24, 2.45) is 0 Å². The molecule has 0 saturated carbocycles. The molecule has 2 aromatic rings. The van der Waals surface area contributed by atoms with Crippen molar-refractivity contribution >= 4 is 14.0 Å². The summed E-state index contributed by atoms with van der Waals surface area (Å²) in [6, 6.07) is 2.19. The van der Waals surface area contributed by atoms with E-state index in [0.717, 1.165) is 18.9 Å². The lowest BCUT2D eigenvalue weighted by Crippen LogP contribution is -2.08. The van der Waals surface area contributed by atoms with E-state index in [1.807, 2.05) is 0 Å². The van der Waals surface area contributed by atoms with Gasteiger partial charge in [-0.2, -0.15) is 18.9 Å². The summed E-state index contributed by atoms with van der Waals surface area (Å²) in [5, 5.41) is 4.23. The van der Waals surface area contributed by atoms with Gasteiger partial charge in [0.25, 0.3) is 0 Å². The van der Waals surface area contributed by atoms with Gasteiger partial charge in [-0.25, -0.2) is 9.48 Å². The molecule has 3 rings (SSSR count). The third kappa shape index (κ3) is 2.42. The second-order valence-corrected chi connectivity index (χ2v) is 4.77. The van der Waals surface area contributed by atoms with Gasteiger partial charge in [0.05, 0.1) is 12.2 Å². The molecule has 0 N–H and O–H groups in total. The lowest BCUT2D eigenvalue weighted by molar-refractivity contribution is 0.0745. The average Bonchev–Trinajstić information content (AvgIpc) is 2.69. The molecule has 9 heteroatoms. The fourth-order valence-electron chi connectivity index (χ4n) is 2.34. The molecule has 0 atom stereocenters. The van der Waals surface area contributed by atoms with Crippen LogP contribution < -0.4 is 4.74 Å². The topological polar surface area (TPSA) is 66.2 Å². The van der Waals surface area contributed by atoms with Crippen molar-refractivity contribution in [3.8, 4) is 17.1 Å². The Kier molecular flexibility index (Phi) is 3.78. The van der Waals surface area contributed by atoms with E-state index in [9.17, 15) is 13.6 Å². The SMILES string of the molecule is BOC(=O)c1c(-c2ccc(F)nc2F)nn2c1OCCCC2. The van der Waals surface area contributed by atoms with Crippen molar-refractivity contribution in [3.63, 3.8) is 0 Å². The smallest absolute Gasteiger partial charge is 0.327 e. The number of hydrogen-bond acceptors (Lipinski definition) is 5. The highest BCUT2D eigenvalue weighted by molar-refractivity contribution is 6.12. The number of fused-ring (bicyclic) bond motifs is 1. The Bertz CT molecular complexity index is 736. The summed E-state index contributed by atoms with van der Waals surface area (Å²) in [6.45, 7) is 0.967. The fourth-order valence-corrected chi connectivity index (χ4v) is 2.34. The summed E-state index contributed by atoms with van der Waals surface area (Å²) in [6.07, 6.45) is 1.64. The first-order valence-electron chi connectivity index (χ1n) is 6.76. The number of pyridine rings is 1. The van der Waals surface area contributed by atoms with E-state index in [4.69, 9.17) is 9.39 Å². The molecule has 0 unspecified atom stereocenters. The number of carbonyl (C=O) groups is 1. The predicted octanol–water partition coefficient (Wildman–Crippen LogP) is 1.10. The highest BCUT2D eigenvalue weighted by Gasteiger charge is 2.29. The molecular weight excluding hydrogens is 295 g/mol. The van der Waals surface area contributed by atoms with Crippen molar-refractivity contribution in [2.75, 3.05) is 6.61 Å². The van der Waals surface area contributed by atoms with Gasteiger partial charge >= 0.3 is 14.0 Å². The van der Waals surface area contributed by atoms with Crippen molar-refractivity contribution in [2.45, 2.75) is 19.4 Å². The zero-order chi connectivity index (χ0) is 15.7. The second kappa shape index (κ2) is 5.74. The fraction of sp³-hybridized carbons (Fsp3) is 0.308. The van der Waals surface area contributed by atoms with Crippen LogP contribution in [0.4, 0.5) is 8.78 Å². The summed E-state index contributed by atoms with van der Waals surface area (Å²) < 4.78 is 38.7. The number of carbonyl (C=O) groups excluding carboxylic acids is 1. The van der Waals surface area contributed by atoms with Gasteiger partial charge in [-0.1, -0.05) is 0 Å². The number of halogens is 2. The Morgan fingerprint density at radius 2 is 2.18 bits per heavy atom. The van der Waals surface area contributed by atoms with E-state index in [0.29, 0.717) is 13.2 Å². The van der Waals surface area contributed by atoms with E-state index in [-0.39, 0.29) is 22.7 Å². The van der Waals surface area contributed by atoms with Crippen LogP contribution in [-0.2, 0) is 11.2 Å². The second-order valence-electron chi connectivity index (χ2n) is 4.77. The lowest BCUT2D eigenvalue weighted by atomic mass is 10.1. The molecule has 0 saturated heterocycles. The minimum absolute atomic E-state index is 0.0247. The van der Waals surface area contributed by atoms with Crippen LogP contribution in [-0.4, -0.2) is 35.4 Å². The van der Waals surface area contributed by atoms with Crippen molar-refractivity contribution in [3.05, 3.63) is 29.6 Å². The van der Waals surface area contributed by atoms with Gasteiger partial charge in [0, 0.05) is 6.54 Å². The van der Waals surface area contributed by atoms with Crippen LogP contribution in [0.3, 0.4) is 0 Å². The maximum atomic E-state index is 13.9. The summed E-state index contributed by atoms with van der Waals surface area (Å²) in [5.41, 5.74) is -0.0172. The Labute approximate surface area is 125 Å². The summed E-state index contributed by atoms with van der Waals surface area (Å²) in [4.78, 5) is 15.2. The number of rotatable bonds is 2. The minimum Gasteiger partial charge on any atom is -0.540 e. The summed E-state index contributed by atoms with van der Waals surface area (Å²) >= 11 is 0. The molecule has 0 radical (unpaired) electrons. The van der Waals surface area contributed by atoms with E-state index in [1.54, 1.807) is 0 Å². The first-order valence-corrected chi connectivity index (χ1v) is 6.76. The van der Waals surface area contributed by atoms with E-state index in [1.165, 1.54) is 18.8 Å². The van der Waals surface area contributed by atoms with Crippen molar-refractivity contribution in [1.29, 1.82) is 0 Å². The first-order chi connectivity index (χ1) is 10.6. The van der Waals surface area contributed by atoms with Crippen molar-refractivity contribution in [1.82, 2.24) is 14.8 Å². The molecule has 22 heavy (non-hydrogen) atoms. The normalized spacial score (nSPS) is 13.9. The molecule has 0 bridgehead atoms. The van der Waals surface area contributed by atoms with Gasteiger partial charge in [0.2, 0.25) is 17.8 Å². The zero-order valence-electron chi connectivity index (χ0n) is 11.8. The van der Waals surface area contributed by atoms with E-state index in [2.05, 4.69) is 10.1 Å². The van der Waals surface area contributed by atoms with Gasteiger partial charge in [0.1, 0.15) is 11.3 Å². The van der Waals surface area contributed by atoms with Crippen LogP contribution in [0.1, 0.15) is 23.2 Å². The van der Waals surface area contributed by atoms with Gasteiger partial charge in [-0.15, -0.1) is 0 Å². The van der Waals surface area contributed by atoms with Crippen LogP contribution in [0.15, 0.2) is 12.1 Å². The number of aryl methyl sites for hydroxylation is 1. The Balaban J connectivity index is 2.20. The highest BCUT2D eigenvalue weighted by atomic mass is 19.1. The quantitative estimate of drug-likeness (QED) is 0.614. The van der Waals surface area contributed by atoms with Gasteiger partial charge in [-0.05, 0) is 25.0 Å². The maximum Gasteiger partial charge on any atom is 0.327 e. The lowest BCUT2D eigenvalue weighted by Gasteiger charge is -2.06. The van der Waals surface area contributed by atoms with Gasteiger partial charge in [-0.3, -0.25) is 0 Å². The van der Waals surface area contributed by atoms with Crippen molar-refractivity contribution < 1.29 is 23.0 Å². The van der Waals surface area contributed by atoms with Gasteiger partial charge < -0.3 is 9.39 Å². The van der Waals surface area contributed by atoms with Crippen LogP contribution >= 0.6 is 0 Å². The summed E-state index contributed by atoms with van der Waals surface area (Å²) in [7, 11) is 1.21. The zero-order valence-corrected chi connectivity index (χ0v) is 11.8.